The Morgan fingerprint density at radius 1 is 1.00 bits per heavy atom. The van der Waals surface area contributed by atoms with Crippen molar-refractivity contribution >= 4 is 18.3 Å². The van der Waals surface area contributed by atoms with Crippen molar-refractivity contribution in [3.05, 3.63) is 59.7 Å². The highest BCUT2D eigenvalue weighted by atomic mass is 35.5. The number of aliphatic hydroxyl groups is 1. The molecule has 1 fully saturated rings. The molecular weight excluding hydrogens is 404 g/mol. The summed E-state index contributed by atoms with van der Waals surface area (Å²) in [6.07, 6.45) is 1.68. The van der Waals surface area contributed by atoms with Gasteiger partial charge in [0.25, 0.3) is 0 Å². The lowest BCUT2D eigenvalue weighted by atomic mass is 9.98. The number of benzene rings is 2. The average molecular weight is 435 g/mol. The summed E-state index contributed by atoms with van der Waals surface area (Å²) in [7, 11) is 0. The van der Waals surface area contributed by atoms with Gasteiger partial charge in [0.2, 0.25) is 5.91 Å². The topological polar surface area (TPSA) is 82.0 Å². The van der Waals surface area contributed by atoms with E-state index in [-0.39, 0.29) is 24.7 Å². The molecule has 0 spiro atoms. The first-order valence-electron chi connectivity index (χ1n) is 10.3. The summed E-state index contributed by atoms with van der Waals surface area (Å²) in [5.41, 5.74) is 6.09. The lowest BCUT2D eigenvalue weighted by Gasteiger charge is -2.26. The molecule has 2 aromatic rings. The highest BCUT2D eigenvalue weighted by Gasteiger charge is 2.11. The first kappa shape index (κ1) is 24.3. The number of nitrogens with zero attached hydrogens (tertiary/aromatic N) is 1. The first-order chi connectivity index (χ1) is 14.2. The smallest absolute Gasteiger partial charge is 0.243 e. The molecule has 3 rings (SSSR count). The molecule has 0 aromatic heterocycles. The fourth-order valence-electron chi connectivity index (χ4n) is 3.56. The summed E-state index contributed by atoms with van der Waals surface area (Å²) in [5.74, 6) is -0.389. The Balaban J connectivity index is 0.00000320. The molecular formula is C23H31ClN2O4. The molecule has 30 heavy (non-hydrogen) atoms. The number of amides is 1. The van der Waals surface area contributed by atoms with Crippen LogP contribution in [-0.2, 0) is 16.1 Å². The number of unbranched alkanes of at least 4 members (excludes halogenated alkanes) is 1. The lowest BCUT2D eigenvalue weighted by molar-refractivity contribution is -0.129. The number of aliphatic hydroxyl groups excluding tert-OH is 1. The summed E-state index contributed by atoms with van der Waals surface area (Å²) >= 11 is 0. The van der Waals surface area contributed by atoms with Crippen molar-refractivity contribution in [3.63, 3.8) is 0 Å². The summed E-state index contributed by atoms with van der Waals surface area (Å²) in [6.45, 7) is 4.55. The lowest BCUT2D eigenvalue weighted by Crippen LogP contribution is -2.35. The number of morpholine rings is 1. The maximum Gasteiger partial charge on any atom is 0.243 e. The molecule has 1 heterocycles. The van der Waals surface area contributed by atoms with E-state index < -0.39 is 6.10 Å². The molecule has 2 aromatic carbocycles. The molecule has 0 aliphatic carbocycles. The molecule has 0 saturated carbocycles. The number of rotatable bonds is 9. The van der Waals surface area contributed by atoms with Crippen molar-refractivity contribution in [1.29, 1.82) is 0 Å². The number of hydroxylamine groups is 1. The molecule has 1 aliphatic heterocycles. The molecule has 0 radical (unpaired) electrons. The van der Waals surface area contributed by atoms with Gasteiger partial charge in [0, 0.05) is 26.1 Å². The second-order valence-electron chi connectivity index (χ2n) is 7.50. The number of hydrogen-bond donors (Lipinski definition) is 3. The minimum atomic E-state index is -0.544. The van der Waals surface area contributed by atoms with Crippen molar-refractivity contribution in [3.8, 4) is 11.1 Å². The molecule has 0 unspecified atom stereocenters. The normalized spacial score (nSPS) is 15.3. The maximum atomic E-state index is 11.0. The Morgan fingerprint density at radius 3 is 2.20 bits per heavy atom. The van der Waals surface area contributed by atoms with Gasteiger partial charge in [-0.3, -0.25) is 14.9 Å². The van der Waals surface area contributed by atoms with Gasteiger partial charge in [-0.1, -0.05) is 55.0 Å². The predicted molar refractivity (Wildman–Crippen MR) is 119 cm³/mol. The highest BCUT2D eigenvalue weighted by molar-refractivity contribution is 5.85. The van der Waals surface area contributed by atoms with Gasteiger partial charge in [0.1, 0.15) is 0 Å². The Labute approximate surface area is 184 Å². The van der Waals surface area contributed by atoms with Crippen LogP contribution in [0, 0.1) is 0 Å². The van der Waals surface area contributed by atoms with Crippen LogP contribution >= 0.6 is 12.4 Å². The molecule has 1 aliphatic rings. The van der Waals surface area contributed by atoms with E-state index in [4.69, 9.17) is 9.94 Å². The molecule has 3 N–H and O–H groups in total. The average Bonchev–Trinajstić information content (AvgIpc) is 2.77. The van der Waals surface area contributed by atoms with E-state index in [1.54, 1.807) is 5.48 Å². The van der Waals surface area contributed by atoms with E-state index in [1.807, 2.05) is 24.3 Å². The Hall–Kier alpha value is -1.96. The van der Waals surface area contributed by atoms with Gasteiger partial charge < -0.3 is 9.84 Å². The number of ether oxygens (including phenoxy) is 1. The zero-order valence-corrected chi connectivity index (χ0v) is 17.9. The third-order valence-electron chi connectivity index (χ3n) is 5.35. The van der Waals surface area contributed by atoms with E-state index in [0.29, 0.717) is 12.8 Å². The summed E-state index contributed by atoms with van der Waals surface area (Å²) in [6, 6.07) is 16.6. The molecule has 0 bridgehead atoms. The summed E-state index contributed by atoms with van der Waals surface area (Å²) < 4.78 is 5.40. The van der Waals surface area contributed by atoms with Gasteiger partial charge in [0.15, 0.2) is 0 Å². The number of nitrogens with one attached hydrogen (secondary N) is 1. The number of halogens is 1. The van der Waals surface area contributed by atoms with Crippen LogP contribution in [0.1, 0.15) is 42.9 Å². The molecule has 1 amide bonds. The predicted octanol–water partition coefficient (Wildman–Crippen LogP) is 3.71. The van der Waals surface area contributed by atoms with Crippen LogP contribution < -0.4 is 5.48 Å². The van der Waals surface area contributed by atoms with Crippen molar-refractivity contribution < 1.29 is 19.8 Å². The Bertz CT molecular complexity index is 762. The fraction of sp³-hybridized carbons (Fsp3) is 0.435. The number of carbonyl (C=O) groups is 1. The van der Waals surface area contributed by atoms with E-state index in [9.17, 15) is 9.90 Å². The van der Waals surface area contributed by atoms with Gasteiger partial charge in [-0.2, -0.15) is 0 Å². The zero-order valence-electron chi connectivity index (χ0n) is 17.1. The zero-order chi connectivity index (χ0) is 20.5. The van der Waals surface area contributed by atoms with Crippen LogP contribution in [0.5, 0.6) is 0 Å². The Morgan fingerprint density at radius 2 is 1.60 bits per heavy atom. The quantitative estimate of drug-likeness (QED) is 0.318. The fourth-order valence-corrected chi connectivity index (χ4v) is 3.56. The number of hydrogen-bond acceptors (Lipinski definition) is 5. The van der Waals surface area contributed by atoms with Crippen LogP contribution in [0.4, 0.5) is 0 Å². The minimum absolute atomic E-state index is 0. The molecule has 7 heteroatoms. The summed E-state index contributed by atoms with van der Waals surface area (Å²) in [4.78, 5) is 13.4. The molecule has 6 nitrogen and oxygen atoms in total. The van der Waals surface area contributed by atoms with Crippen LogP contribution in [-0.4, -0.2) is 47.4 Å². The van der Waals surface area contributed by atoms with Gasteiger partial charge in [-0.05, 0) is 35.1 Å². The van der Waals surface area contributed by atoms with Crippen molar-refractivity contribution in [2.45, 2.75) is 38.3 Å². The van der Waals surface area contributed by atoms with Crippen LogP contribution in [0.2, 0.25) is 0 Å². The molecule has 1 atom stereocenters. The second kappa shape index (κ2) is 12.7. The second-order valence-corrected chi connectivity index (χ2v) is 7.50. The van der Waals surface area contributed by atoms with E-state index in [0.717, 1.165) is 56.0 Å². The molecule has 164 valence electrons. The SMILES string of the molecule is Cl.O=C(CCCC[C@@H](O)c1ccc(-c2ccc(CN3CCOCC3)cc2)cc1)NO. The van der Waals surface area contributed by atoms with Crippen LogP contribution in [0.25, 0.3) is 11.1 Å². The van der Waals surface area contributed by atoms with Crippen molar-refractivity contribution in [2.75, 3.05) is 26.3 Å². The van der Waals surface area contributed by atoms with Crippen LogP contribution in [0.3, 0.4) is 0 Å². The van der Waals surface area contributed by atoms with Gasteiger partial charge in [-0.15, -0.1) is 12.4 Å². The van der Waals surface area contributed by atoms with E-state index >= 15 is 0 Å². The van der Waals surface area contributed by atoms with Crippen molar-refractivity contribution in [2.24, 2.45) is 0 Å². The van der Waals surface area contributed by atoms with E-state index in [1.165, 1.54) is 5.56 Å². The minimum Gasteiger partial charge on any atom is -0.388 e. The van der Waals surface area contributed by atoms with Crippen molar-refractivity contribution in [1.82, 2.24) is 10.4 Å². The maximum absolute atomic E-state index is 11.0. The van der Waals surface area contributed by atoms with E-state index in [2.05, 4.69) is 29.2 Å². The standard InChI is InChI=1S/C23H30N2O4.ClH/c26-22(3-1-2-4-23(27)24-28)21-11-9-20(10-12-21)19-7-5-18(6-8-19)17-25-13-15-29-16-14-25;/h5-12,22,26,28H,1-4,13-17H2,(H,24,27);1H/t22-;/m1./s1. The van der Waals surface area contributed by atoms with Gasteiger partial charge in [-0.25, -0.2) is 5.48 Å². The molecule has 1 saturated heterocycles. The van der Waals surface area contributed by atoms with Crippen LogP contribution in [0.15, 0.2) is 48.5 Å². The number of carbonyl (C=O) groups excluding carboxylic acids is 1. The third-order valence-corrected chi connectivity index (χ3v) is 5.35. The first-order valence-corrected chi connectivity index (χ1v) is 10.3. The summed E-state index contributed by atoms with van der Waals surface area (Å²) in [5, 5.41) is 18.8. The van der Waals surface area contributed by atoms with Gasteiger partial charge in [0.05, 0.1) is 19.3 Å². The largest absolute Gasteiger partial charge is 0.388 e. The Kier molecular flexibility index (Phi) is 10.3. The highest BCUT2D eigenvalue weighted by Crippen LogP contribution is 2.25. The monoisotopic (exact) mass is 434 g/mol. The third kappa shape index (κ3) is 7.38. The van der Waals surface area contributed by atoms with Gasteiger partial charge >= 0.3 is 0 Å².